The van der Waals surface area contributed by atoms with Crippen molar-refractivity contribution in [3.05, 3.63) is 0 Å². The summed E-state index contributed by atoms with van der Waals surface area (Å²) in [7, 11) is 0. The van der Waals surface area contributed by atoms with Gasteiger partial charge >= 0.3 is 0 Å². The number of aliphatic hydroxyl groups excluding tert-OH is 1. The van der Waals surface area contributed by atoms with Gasteiger partial charge in [0, 0.05) is 12.5 Å². The van der Waals surface area contributed by atoms with Gasteiger partial charge in [0.2, 0.25) is 0 Å². The van der Waals surface area contributed by atoms with Crippen LogP contribution in [-0.2, 0) is 0 Å². The van der Waals surface area contributed by atoms with Gasteiger partial charge in [-0.25, -0.2) is 0 Å². The van der Waals surface area contributed by atoms with Crippen LogP contribution in [0.3, 0.4) is 0 Å². The molecule has 0 bridgehead atoms. The van der Waals surface area contributed by atoms with Crippen molar-refractivity contribution in [2.45, 2.75) is 51.0 Å². The first kappa shape index (κ1) is 10.0. The standard InChI is InChI=1S/C10H20O2/c1-2-6-10(12)7-4-3-5-9(10)8-11/h9,11-12H,2-8H2,1H3/t9-,10+/m1/s1. The lowest BCUT2D eigenvalue weighted by Crippen LogP contribution is -2.42. The lowest BCUT2D eigenvalue weighted by Gasteiger charge is -2.39. The van der Waals surface area contributed by atoms with Gasteiger partial charge in [0.05, 0.1) is 5.60 Å². The number of hydrogen-bond acceptors (Lipinski definition) is 2. The average molecular weight is 172 g/mol. The first-order valence-corrected chi connectivity index (χ1v) is 5.06. The summed E-state index contributed by atoms with van der Waals surface area (Å²) in [5.41, 5.74) is -0.554. The minimum Gasteiger partial charge on any atom is -0.396 e. The average Bonchev–Trinajstić information content (AvgIpc) is 2.05. The van der Waals surface area contributed by atoms with Gasteiger partial charge in [0.1, 0.15) is 0 Å². The third-order valence-corrected chi connectivity index (χ3v) is 3.08. The molecular formula is C10H20O2. The summed E-state index contributed by atoms with van der Waals surface area (Å²) >= 11 is 0. The largest absolute Gasteiger partial charge is 0.396 e. The Labute approximate surface area is 74.6 Å². The highest BCUT2D eigenvalue weighted by atomic mass is 16.3. The van der Waals surface area contributed by atoms with Crippen LogP contribution in [0.2, 0.25) is 0 Å². The fraction of sp³-hybridized carbons (Fsp3) is 1.00. The minimum atomic E-state index is -0.554. The zero-order chi connectivity index (χ0) is 9.03. The van der Waals surface area contributed by atoms with E-state index in [1.54, 1.807) is 0 Å². The highest BCUT2D eigenvalue weighted by Crippen LogP contribution is 2.36. The van der Waals surface area contributed by atoms with Gasteiger partial charge in [-0.3, -0.25) is 0 Å². The Balaban J connectivity index is 2.55. The van der Waals surface area contributed by atoms with Gasteiger partial charge in [-0.1, -0.05) is 26.2 Å². The zero-order valence-electron chi connectivity index (χ0n) is 7.92. The fourth-order valence-corrected chi connectivity index (χ4v) is 2.32. The molecule has 0 aliphatic heterocycles. The molecule has 0 aromatic heterocycles. The predicted octanol–water partition coefficient (Wildman–Crippen LogP) is 1.70. The normalized spacial score (nSPS) is 36.8. The van der Waals surface area contributed by atoms with Crippen LogP contribution >= 0.6 is 0 Å². The Morgan fingerprint density at radius 2 is 2.17 bits per heavy atom. The summed E-state index contributed by atoms with van der Waals surface area (Å²) < 4.78 is 0. The van der Waals surface area contributed by atoms with Crippen LogP contribution in [0.4, 0.5) is 0 Å². The lowest BCUT2D eigenvalue weighted by atomic mass is 9.73. The molecule has 0 heterocycles. The van der Waals surface area contributed by atoms with Crippen molar-refractivity contribution >= 4 is 0 Å². The van der Waals surface area contributed by atoms with Crippen molar-refractivity contribution < 1.29 is 10.2 Å². The molecule has 0 spiro atoms. The van der Waals surface area contributed by atoms with E-state index >= 15 is 0 Å². The van der Waals surface area contributed by atoms with Crippen LogP contribution in [0.15, 0.2) is 0 Å². The molecule has 2 heteroatoms. The van der Waals surface area contributed by atoms with Gasteiger partial charge in [-0.2, -0.15) is 0 Å². The van der Waals surface area contributed by atoms with Crippen LogP contribution in [0.25, 0.3) is 0 Å². The maximum atomic E-state index is 10.2. The molecule has 0 saturated heterocycles. The molecule has 1 saturated carbocycles. The first-order chi connectivity index (χ1) is 5.73. The SMILES string of the molecule is CCC[C@]1(O)CCCC[C@@H]1CO. The monoisotopic (exact) mass is 172 g/mol. The molecule has 1 aliphatic carbocycles. The summed E-state index contributed by atoms with van der Waals surface area (Å²) in [6.45, 7) is 2.23. The van der Waals surface area contributed by atoms with E-state index in [2.05, 4.69) is 6.92 Å². The zero-order valence-corrected chi connectivity index (χ0v) is 7.92. The second kappa shape index (κ2) is 4.24. The molecule has 2 nitrogen and oxygen atoms in total. The molecule has 0 radical (unpaired) electrons. The quantitative estimate of drug-likeness (QED) is 0.680. The molecule has 72 valence electrons. The maximum absolute atomic E-state index is 10.2. The highest BCUT2D eigenvalue weighted by Gasteiger charge is 2.37. The summed E-state index contributed by atoms with van der Waals surface area (Å²) in [6.07, 6.45) is 6.01. The third-order valence-electron chi connectivity index (χ3n) is 3.08. The molecule has 1 fully saturated rings. The highest BCUT2D eigenvalue weighted by molar-refractivity contribution is 4.89. The first-order valence-electron chi connectivity index (χ1n) is 5.06. The van der Waals surface area contributed by atoms with E-state index in [1.165, 1.54) is 0 Å². The van der Waals surface area contributed by atoms with Crippen LogP contribution in [0.1, 0.15) is 45.4 Å². The van der Waals surface area contributed by atoms with Crippen molar-refractivity contribution in [1.82, 2.24) is 0 Å². The molecular weight excluding hydrogens is 152 g/mol. The molecule has 0 unspecified atom stereocenters. The van der Waals surface area contributed by atoms with E-state index in [9.17, 15) is 5.11 Å². The molecule has 2 atom stereocenters. The van der Waals surface area contributed by atoms with E-state index < -0.39 is 5.60 Å². The van der Waals surface area contributed by atoms with Crippen molar-refractivity contribution in [1.29, 1.82) is 0 Å². The van der Waals surface area contributed by atoms with Crippen LogP contribution in [-0.4, -0.2) is 22.4 Å². The Hall–Kier alpha value is -0.0800. The Bertz CT molecular complexity index is 132. The van der Waals surface area contributed by atoms with Crippen LogP contribution < -0.4 is 0 Å². The molecule has 1 rings (SSSR count). The third kappa shape index (κ3) is 1.99. The topological polar surface area (TPSA) is 40.5 Å². The van der Waals surface area contributed by atoms with E-state index in [-0.39, 0.29) is 12.5 Å². The fourth-order valence-electron chi connectivity index (χ4n) is 2.32. The van der Waals surface area contributed by atoms with Gasteiger partial charge in [-0.05, 0) is 19.3 Å². The van der Waals surface area contributed by atoms with Gasteiger partial charge in [-0.15, -0.1) is 0 Å². The second-order valence-corrected chi connectivity index (χ2v) is 3.98. The van der Waals surface area contributed by atoms with Crippen LogP contribution in [0.5, 0.6) is 0 Å². The lowest BCUT2D eigenvalue weighted by molar-refractivity contribution is -0.0730. The molecule has 0 aromatic carbocycles. The van der Waals surface area contributed by atoms with Crippen molar-refractivity contribution in [3.8, 4) is 0 Å². The number of rotatable bonds is 3. The van der Waals surface area contributed by atoms with Gasteiger partial charge in [0.15, 0.2) is 0 Å². The molecule has 12 heavy (non-hydrogen) atoms. The van der Waals surface area contributed by atoms with E-state index in [1.807, 2.05) is 0 Å². The molecule has 0 amide bonds. The van der Waals surface area contributed by atoms with Crippen molar-refractivity contribution in [3.63, 3.8) is 0 Å². The minimum absolute atomic E-state index is 0.131. The number of aliphatic hydroxyl groups is 2. The number of hydrogen-bond donors (Lipinski definition) is 2. The summed E-state index contributed by atoms with van der Waals surface area (Å²) in [6, 6.07) is 0. The summed E-state index contributed by atoms with van der Waals surface area (Å²) in [4.78, 5) is 0. The van der Waals surface area contributed by atoms with Crippen molar-refractivity contribution in [2.24, 2.45) is 5.92 Å². The predicted molar refractivity (Wildman–Crippen MR) is 48.9 cm³/mol. The van der Waals surface area contributed by atoms with Gasteiger partial charge < -0.3 is 10.2 Å². The Morgan fingerprint density at radius 3 is 2.75 bits per heavy atom. The summed E-state index contributed by atoms with van der Waals surface area (Å²) in [5.74, 6) is 0.131. The molecule has 1 aliphatic rings. The molecule has 2 N–H and O–H groups in total. The second-order valence-electron chi connectivity index (χ2n) is 3.98. The van der Waals surface area contributed by atoms with E-state index in [0.29, 0.717) is 0 Å². The Kier molecular flexibility index (Phi) is 3.53. The van der Waals surface area contributed by atoms with E-state index in [0.717, 1.165) is 38.5 Å². The van der Waals surface area contributed by atoms with Gasteiger partial charge in [0.25, 0.3) is 0 Å². The van der Waals surface area contributed by atoms with E-state index in [4.69, 9.17) is 5.11 Å². The maximum Gasteiger partial charge on any atom is 0.0697 e. The molecule has 0 aromatic rings. The Morgan fingerprint density at radius 1 is 1.42 bits per heavy atom. The summed E-state index contributed by atoms with van der Waals surface area (Å²) in [5, 5.41) is 19.3. The van der Waals surface area contributed by atoms with Crippen LogP contribution in [0, 0.1) is 5.92 Å². The van der Waals surface area contributed by atoms with Crippen molar-refractivity contribution in [2.75, 3.05) is 6.61 Å². The smallest absolute Gasteiger partial charge is 0.0697 e.